The summed E-state index contributed by atoms with van der Waals surface area (Å²) in [6.07, 6.45) is 2.83. The normalized spacial score (nSPS) is 35.1. The molecule has 1 saturated carbocycles. The minimum absolute atomic E-state index is 0.0929. The van der Waals surface area contributed by atoms with E-state index >= 15 is 0 Å². The highest BCUT2D eigenvalue weighted by atomic mass is 16.5. The number of ether oxygens (including phenoxy) is 2. The Morgan fingerprint density at radius 3 is 2.58 bits per heavy atom. The van der Waals surface area contributed by atoms with Crippen molar-refractivity contribution in [2.45, 2.75) is 57.2 Å². The van der Waals surface area contributed by atoms with Crippen LogP contribution in [0, 0.1) is 5.92 Å². The summed E-state index contributed by atoms with van der Waals surface area (Å²) in [7, 11) is 3.26. The van der Waals surface area contributed by atoms with E-state index in [9.17, 15) is 5.11 Å². The van der Waals surface area contributed by atoms with Gasteiger partial charge in [-0.1, -0.05) is 13.8 Å². The highest BCUT2D eigenvalue weighted by Gasteiger charge is 2.46. The number of methoxy groups -OCH3 is 2. The van der Waals surface area contributed by atoms with Crippen LogP contribution < -0.4 is 0 Å². The van der Waals surface area contributed by atoms with Gasteiger partial charge in [0.1, 0.15) is 11.6 Å². The third kappa shape index (κ3) is 2.61. The van der Waals surface area contributed by atoms with Crippen LogP contribution in [-0.4, -0.2) is 48.8 Å². The molecule has 108 valence electrons. The monoisotopic (exact) mass is 268 g/mol. The van der Waals surface area contributed by atoms with Crippen molar-refractivity contribution in [2.24, 2.45) is 15.9 Å². The van der Waals surface area contributed by atoms with Gasteiger partial charge in [-0.15, -0.1) is 0 Å². The van der Waals surface area contributed by atoms with Gasteiger partial charge in [0, 0.05) is 6.42 Å². The predicted molar refractivity (Wildman–Crippen MR) is 74.7 cm³/mol. The Kier molecular flexibility index (Phi) is 4.13. The summed E-state index contributed by atoms with van der Waals surface area (Å²) in [4.78, 5) is 9.47. The summed E-state index contributed by atoms with van der Waals surface area (Å²) in [5, 5.41) is 9.95. The molecule has 0 unspecified atom stereocenters. The third-order valence-corrected chi connectivity index (χ3v) is 3.97. The summed E-state index contributed by atoms with van der Waals surface area (Å²) in [6, 6.07) is -0.0929. The average molecular weight is 268 g/mol. The smallest absolute Gasteiger partial charge is 0.212 e. The Morgan fingerprint density at radius 2 is 2.05 bits per heavy atom. The quantitative estimate of drug-likeness (QED) is 0.788. The molecule has 0 saturated heterocycles. The lowest BCUT2D eigenvalue weighted by atomic mass is 9.79. The number of aliphatic hydroxyl groups excluding tert-OH is 1. The first-order valence-corrected chi connectivity index (χ1v) is 6.96. The molecule has 1 aliphatic carbocycles. The Balaban J connectivity index is 2.37. The molecule has 1 aliphatic heterocycles. The maximum atomic E-state index is 9.95. The van der Waals surface area contributed by atoms with Gasteiger partial charge in [-0.25, -0.2) is 9.98 Å². The SMILES string of the molecule is COC1=N[C@]2(CCC[C@H](O)C2)C(OC)=N[C@@H]1C(C)C. The second-order valence-electron chi connectivity index (χ2n) is 5.76. The van der Waals surface area contributed by atoms with Gasteiger partial charge in [-0.05, 0) is 25.2 Å². The lowest BCUT2D eigenvalue weighted by Gasteiger charge is -2.40. The molecule has 3 atom stereocenters. The van der Waals surface area contributed by atoms with Gasteiger partial charge in [0.25, 0.3) is 0 Å². The lowest BCUT2D eigenvalue weighted by Crippen LogP contribution is -2.50. The van der Waals surface area contributed by atoms with Crippen LogP contribution in [0.25, 0.3) is 0 Å². The molecular weight excluding hydrogens is 244 g/mol. The van der Waals surface area contributed by atoms with Crippen LogP contribution in [-0.2, 0) is 9.47 Å². The summed E-state index contributed by atoms with van der Waals surface area (Å²) >= 11 is 0. The van der Waals surface area contributed by atoms with E-state index < -0.39 is 5.54 Å². The first-order chi connectivity index (χ1) is 9.02. The largest absolute Gasteiger partial charge is 0.483 e. The van der Waals surface area contributed by atoms with Gasteiger partial charge in [0.2, 0.25) is 11.8 Å². The molecule has 0 radical (unpaired) electrons. The average Bonchev–Trinajstić information content (AvgIpc) is 2.37. The molecule has 0 aromatic heterocycles. The number of hydrogen-bond donors (Lipinski definition) is 1. The Hall–Kier alpha value is -1.10. The molecule has 1 N–H and O–H groups in total. The Bertz CT molecular complexity index is 392. The summed E-state index contributed by atoms with van der Waals surface area (Å²) < 4.78 is 10.9. The van der Waals surface area contributed by atoms with Crippen LogP contribution in [0.15, 0.2) is 9.98 Å². The molecule has 0 amide bonds. The molecule has 19 heavy (non-hydrogen) atoms. The van der Waals surface area contributed by atoms with Gasteiger partial charge < -0.3 is 14.6 Å². The fourth-order valence-electron chi connectivity index (χ4n) is 2.99. The van der Waals surface area contributed by atoms with E-state index in [2.05, 4.69) is 13.8 Å². The predicted octanol–water partition coefficient (Wildman–Crippen LogP) is 1.79. The third-order valence-electron chi connectivity index (χ3n) is 3.97. The molecule has 0 bridgehead atoms. The molecular formula is C14H24N2O3. The van der Waals surface area contributed by atoms with Crippen LogP contribution in [0.5, 0.6) is 0 Å². The minimum Gasteiger partial charge on any atom is -0.483 e. The minimum atomic E-state index is -0.525. The van der Waals surface area contributed by atoms with Crippen molar-refractivity contribution < 1.29 is 14.6 Å². The molecule has 2 rings (SSSR count). The van der Waals surface area contributed by atoms with Crippen molar-refractivity contribution in [3.8, 4) is 0 Å². The molecule has 5 heteroatoms. The van der Waals surface area contributed by atoms with Gasteiger partial charge in [0.05, 0.1) is 20.3 Å². The second-order valence-corrected chi connectivity index (χ2v) is 5.76. The van der Waals surface area contributed by atoms with Crippen LogP contribution in [0.1, 0.15) is 39.5 Å². The summed E-state index contributed by atoms with van der Waals surface area (Å²) in [5.41, 5.74) is -0.525. The van der Waals surface area contributed by atoms with Crippen molar-refractivity contribution in [1.82, 2.24) is 0 Å². The van der Waals surface area contributed by atoms with Crippen molar-refractivity contribution in [2.75, 3.05) is 14.2 Å². The van der Waals surface area contributed by atoms with Crippen molar-refractivity contribution in [3.05, 3.63) is 0 Å². The first kappa shape index (κ1) is 14.3. The highest BCUT2D eigenvalue weighted by molar-refractivity contribution is 5.97. The number of rotatable bonds is 1. The van der Waals surface area contributed by atoms with E-state index in [4.69, 9.17) is 19.5 Å². The molecule has 2 aliphatic rings. The fraction of sp³-hybridized carbons (Fsp3) is 0.857. The summed E-state index contributed by atoms with van der Waals surface area (Å²) in [5.74, 6) is 1.60. The highest BCUT2D eigenvalue weighted by Crippen LogP contribution is 2.37. The van der Waals surface area contributed by atoms with Crippen LogP contribution >= 0.6 is 0 Å². The van der Waals surface area contributed by atoms with E-state index in [1.54, 1.807) is 14.2 Å². The molecule has 1 spiro atoms. The maximum Gasteiger partial charge on any atom is 0.212 e. The molecule has 5 nitrogen and oxygen atoms in total. The standard InChI is InChI=1S/C14H24N2O3/c1-9(2)11-12(18-3)16-14(13(15-11)19-4)7-5-6-10(17)8-14/h9-11,17H,5-8H2,1-4H3/t10-,11+,14-/m0/s1. The number of aliphatic hydroxyl groups is 1. The van der Waals surface area contributed by atoms with E-state index in [0.717, 1.165) is 19.3 Å². The van der Waals surface area contributed by atoms with Crippen molar-refractivity contribution in [3.63, 3.8) is 0 Å². The van der Waals surface area contributed by atoms with Gasteiger partial charge in [-0.2, -0.15) is 0 Å². The van der Waals surface area contributed by atoms with Gasteiger partial charge in [0.15, 0.2) is 0 Å². The fourth-order valence-corrected chi connectivity index (χ4v) is 2.99. The zero-order valence-corrected chi connectivity index (χ0v) is 12.2. The Labute approximate surface area is 114 Å². The number of aliphatic imine (C=N–C) groups is 2. The molecule has 0 aromatic carbocycles. The lowest BCUT2D eigenvalue weighted by molar-refractivity contribution is 0.0984. The first-order valence-electron chi connectivity index (χ1n) is 6.96. The van der Waals surface area contributed by atoms with E-state index in [1.165, 1.54) is 0 Å². The van der Waals surface area contributed by atoms with Gasteiger partial charge in [-0.3, -0.25) is 0 Å². The summed E-state index contributed by atoms with van der Waals surface area (Å²) in [6.45, 7) is 4.17. The number of nitrogens with zero attached hydrogens (tertiary/aromatic N) is 2. The van der Waals surface area contributed by atoms with Crippen LogP contribution in [0.4, 0.5) is 0 Å². The Morgan fingerprint density at radius 1 is 1.32 bits per heavy atom. The van der Waals surface area contributed by atoms with E-state index in [0.29, 0.717) is 24.1 Å². The van der Waals surface area contributed by atoms with Crippen LogP contribution in [0.3, 0.4) is 0 Å². The second kappa shape index (κ2) is 5.49. The zero-order valence-electron chi connectivity index (χ0n) is 12.2. The maximum absolute atomic E-state index is 9.95. The molecule has 1 fully saturated rings. The number of hydrogen-bond acceptors (Lipinski definition) is 5. The molecule has 0 aromatic rings. The zero-order chi connectivity index (χ0) is 14.0. The van der Waals surface area contributed by atoms with E-state index in [1.807, 2.05) is 0 Å². The van der Waals surface area contributed by atoms with Crippen LogP contribution in [0.2, 0.25) is 0 Å². The van der Waals surface area contributed by atoms with E-state index in [-0.39, 0.29) is 12.1 Å². The topological polar surface area (TPSA) is 63.4 Å². The molecule has 1 heterocycles. The van der Waals surface area contributed by atoms with Crippen molar-refractivity contribution in [1.29, 1.82) is 0 Å². The van der Waals surface area contributed by atoms with Crippen molar-refractivity contribution >= 4 is 11.8 Å². The van der Waals surface area contributed by atoms with Gasteiger partial charge >= 0.3 is 0 Å².